The molecule has 104 valence electrons. The van der Waals surface area contributed by atoms with Crippen LogP contribution >= 0.6 is 15.9 Å². The Bertz CT molecular complexity index is 459. The quantitative estimate of drug-likeness (QED) is 0.850. The predicted molar refractivity (Wildman–Crippen MR) is 76.5 cm³/mol. The van der Waals surface area contributed by atoms with E-state index in [4.69, 9.17) is 0 Å². The minimum Gasteiger partial charge on any atom is -0.340 e. The number of amides is 1. The predicted octanol–water partition coefficient (Wildman–Crippen LogP) is 2.29. The molecule has 1 fully saturated rings. The number of likely N-dealkylation sites (N-methyl/N-ethyl adjacent to an activating group) is 1. The van der Waals surface area contributed by atoms with E-state index in [9.17, 15) is 9.18 Å². The van der Waals surface area contributed by atoms with E-state index in [2.05, 4.69) is 27.9 Å². The molecule has 1 heterocycles. The van der Waals surface area contributed by atoms with Gasteiger partial charge in [-0.1, -0.05) is 22.0 Å². The molecule has 0 radical (unpaired) electrons. The first-order valence-electron chi connectivity index (χ1n) is 6.46. The lowest BCUT2D eigenvalue weighted by atomic mass is 10.1. The van der Waals surface area contributed by atoms with Crippen molar-refractivity contribution in [1.29, 1.82) is 0 Å². The van der Waals surface area contributed by atoms with E-state index >= 15 is 0 Å². The second-order valence-electron chi connectivity index (χ2n) is 4.92. The van der Waals surface area contributed by atoms with Crippen LogP contribution in [0, 0.1) is 5.82 Å². The number of nitrogens with zero attached hydrogens (tertiary/aromatic N) is 2. The molecule has 1 aromatic rings. The highest BCUT2D eigenvalue weighted by Crippen LogP contribution is 2.17. The lowest BCUT2D eigenvalue weighted by Gasteiger charge is -2.32. The van der Waals surface area contributed by atoms with Gasteiger partial charge >= 0.3 is 0 Å². The molecule has 0 unspecified atom stereocenters. The zero-order chi connectivity index (χ0) is 13.8. The summed E-state index contributed by atoms with van der Waals surface area (Å²) in [5.74, 6) is -0.129. The van der Waals surface area contributed by atoms with Gasteiger partial charge in [0.25, 0.3) is 0 Å². The zero-order valence-corrected chi connectivity index (χ0v) is 12.6. The van der Waals surface area contributed by atoms with Crippen molar-refractivity contribution in [3.05, 3.63) is 34.1 Å². The molecule has 0 saturated carbocycles. The van der Waals surface area contributed by atoms with Crippen LogP contribution in [0.4, 0.5) is 4.39 Å². The van der Waals surface area contributed by atoms with Crippen molar-refractivity contribution in [2.75, 3.05) is 33.2 Å². The first-order valence-corrected chi connectivity index (χ1v) is 7.26. The SMILES string of the molecule is CN1CCN(C(=O)CCc2ccc(Br)cc2F)CC1. The third kappa shape index (κ3) is 4.01. The Morgan fingerprint density at radius 1 is 1.32 bits per heavy atom. The lowest BCUT2D eigenvalue weighted by molar-refractivity contribution is -0.132. The van der Waals surface area contributed by atoms with E-state index in [1.165, 1.54) is 6.07 Å². The molecule has 0 atom stereocenters. The van der Waals surface area contributed by atoms with E-state index in [1.54, 1.807) is 12.1 Å². The van der Waals surface area contributed by atoms with Gasteiger partial charge in [0.2, 0.25) is 5.91 Å². The third-order valence-corrected chi connectivity index (χ3v) is 3.97. The number of hydrogen-bond acceptors (Lipinski definition) is 2. The lowest BCUT2D eigenvalue weighted by Crippen LogP contribution is -2.47. The smallest absolute Gasteiger partial charge is 0.222 e. The van der Waals surface area contributed by atoms with Gasteiger partial charge < -0.3 is 9.80 Å². The van der Waals surface area contributed by atoms with E-state index < -0.39 is 0 Å². The van der Waals surface area contributed by atoms with Crippen LogP contribution < -0.4 is 0 Å². The third-order valence-electron chi connectivity index (χ3n) is 3.48. The highest BCUT2D eigenvalue weighted by Gasteiger charge is 2.18. The number of hydrogen-bond donors (Lipinski definition) is 0. The summed E-state index contributed by atoms with van der Waals surface area (Å²) >= 11 is 3.22. The molecule has 0 aliphatic carbocycles. The maximum atomic E-state index is 13.6. The minimum absolute atomic E-state index is 0.121. The molecule has 1 aromatic carbocycles. The number of benzene rings is 1. The molecule has 0 aromatic heterocycles. The topological polar surface area (TPSA) is 23.6 Å². The van der Waals surface area contributed by atoms with Crippen LogP contribution in [-0.2, 0) is 11.2 Å². The molecule has 0 bridgehead atoms. The molecule has 19 heavy (non-hydrogen) atoms. The second-order valence-corrected chi connectivity index (χ2v) is 5.84. The summed E-state index contributed by atoms with van der Waals surface area (Å²) in [6, 6.07) is 4.98. The van der Waals surface area contributed by atoms with E-state index in [1.807, 2.05) is 4.90 Å². The largest absolute Gasteiger partial charge is 0.340 e. The van der Waals surface area contributed by atoms with Crippen molar-refractivity contribution in [1.82, 2.24) is 9.80 Å². The Labute approximate surface area is 121 Å². The van der Waals surface area contributed by atoms with E-state index in [0.717, 1.165) is 30.7 Å². The zero-order valence-electron chi connectivity index (χ0n) is 11.0. The Balaban J connectivity index is 1.86. The van der Waals surface area contributed by atoms with E-state index in [0.29, 0.717) is 18.4 Å². The van der Waals surface area contributed by atoms with Crippen LogP contribution in [0.2, 0.25) is 0 Å². The van der Waals surface area contributed by atoms with Gasteiger partial charge in [-0.3, -0.25) is 4.79 Å². The van der Waals surface area contributed by atoms with Gasteiger partial charge in [0.1, 0.15) is 5.82 Å². The Morgan fingerprint density at radius 2 is 2.00 bits per heavy atom. The van der Waals surface area contributed by atoms with Gasteiger partial charge in [-0.25, -0.2) is 4.39 Å². The number of piperazine rings is 1. The summed E-state index contributed by atoms with van der Waals surface area (Å²) in [5, 5.41) is 0. The molecule has 1 aliphatic heterocycles. The number of aryl methyl sites for hydroxylation is 1. The molecular weight excluding hydrogens is 311 g/mol. The van der Waals surface area contributed by atoms with Crippen molar-refractivity contribution in [2.45, 2.75) is 12.8 Å². The van der Waals surface area contributed by atoms with Gasteiger partial charge in [-0.05, 0) is 31.2 Å². The highest BCUT2D eigenvalue weighted by molar-refractivity contribution is 9.10. The highest BCUT2D eigenvalue weighted by atomic mass is 79.9. The second kappa shape index (κ2) is 6.48. The van der Waals surface area contributed by atoms with Crippen LogP contribution in [0.3, 0.4) is 0 Å². The van der Waals surface area contributed by atoms with Gasteiger partial charge in [-0.2, -0.15) is 0 Å². The first kappa shape index (κ1) is 14.5. The van der Waals surface area contributed by atoms with Crippen molar-refractivity contribution < 1.29 is 9.18 Å². The maximum absolute atomic E-state index is 13.6. The van der Waals surface area contributed by atoms with Crippen molar-refractivity contribution in [2.24, 2.45) is 0 Å². The van der Waals surface area contributed by atoms with Crippen LogP contribution in [0.5, 0.6) is 0 Å². The maximum Gasteiger partial charge on any atom is 0.222 e. The number of carbonyl (C=O) groups is 1. The molecule has 0 spiro atoms. The minimum atomic E-state index is -0.249. The Morgan fingerprint density at radius 3 is 2.63 bits per heavy atom. The van der Waals surface area contributed by atoms with Crippen LogP contribution in [-0.4, -0.2) is 48.9 Å². The van der Waals surface area contributed by atoms with Crippen LogP contribution in [0.1, 0.15) is 12.0 Å². The first-order chi connectivity index (χ1) is 9.06. The fourth-order valence-corrected chi connectivity index (χ4v) is 2.51. The van der Waals surface area contributed by atoms with Crippen LogP contribution in [0.25, 0.3) is 0 Å². The normalized spacial score (nSPS) is 16.7. The van der Waals surface area contributed by atoms with Gasteiger partial charge in [0.05, 0.1) is 0 Å². The molecule has 1 amide bonds. The molecule has 2 rings (SSSR count). The standard InChI is InChI=1S/C14H18BrFN2O/c1-17-6-8-18(9-7-17)14(19)5-3-11-2-4-12(15)10-13(11)16/h2,4,10H,3,5-9H2,1H3. The number of rotatable bonds is 3. The fourth-order valence-electron chi connectivity index (χ4n) is 2.18. The molecule has 3 nitrogen and oxygen atoms in total. The summed E-state index contributed by atoms with van der Waals surface area (Å²) in [4.78, 5) is 16.1. The summed E-state index contributed by atoms with van der Waals surface area (Å²) in [6.07, 6.45) is 0.840. The van der Waals surface area contributed by atoms with E-state index in [-0.39, 0.29) is 11.7 Å². The fraction of sp³-hybridized carbons (Fsp3) is 0.500. The summed E-state index contributed by atoms with van der Waals surface area (Å²) in [5.41, 5.74) is 0.602. The average Bonchev–Trinajstić information content (AvgIpc) is 2.38. The number of halogens is 2. The monoisotopic (exact) mass is 328 g/mol. The Hall–Kier alpha value is -0.940. The molecule has 1 saturated heterocycles. The number of carbonyl (C=O) groups excluding carboxylic acids is 1. The summed E-state index contributed by atoms with van der Waals surface area (Å²) in [7, 11) is 2.05. The van der Waals surface area contributed by atoms with Gasteiger partial charge in [0.15, 0.2) is 0 Å². The molecule has 5 heteroatoms. The summed E-state index contributed by atoms with van der Waals surface area (Å²) < 4.78 is 14.4. The molecule has 1 aliphatic rings. The van der Waals surface area contributed by atoms with Crippen LogP contribution in [0.15, 0.2) is 22.7 Å². The average molecular weight is 329 g/mol. The van der Waals surface area contributed by atoms with Gasteiger partial charge in [-0.15, -0.1) is 0 Å². The van der Waals surface area contributed by atoms with Crippen molar-refractivity contribution >= 4 is 21.8 Å². The van der Waals surface area contributed by atoms with Crippen molar-refractivity contribution in [3.8, 4) is 0 Å². The van der Waals surface area contributed by atoms with Crippen molar-refractivity contribution in [3.63, 3.8) is 0 Å². The summed E-state index contributed by atoms with van der Waals surface area (Å²) in [6.45, 7) is 3.38. The van der Waals surface area contributed by atoms with Gasteiger partial charge in [0, 0.05) is 37.1 Å². The molecular formula is C14H18BrFN2O. The molecule has 0 N–H and O–H groups in total. The Kier molecular flexibility index (Phi) is 4.93.